The van der Waals surface area contributed by atoms with Crippen molar-refractivity contribution in [3.8, 4) is 0 Å². The zero-order valence-corrected chi connectivity index (χ0v) is 11.9. The fourth-order valence-corrected chi connectivity index (χ4v) is 2.26. The number of para-hydroxylation sites is 1. The number of anilines is 1. The van der Waals surface area contributed by atoms with Crippen LogP contribution >= 0.6 is 0 Å². The Morgan fingerprint density at radius 2 is 1.95 bits per heavy atom. The lowest BCUT2D eigenvalue weighted by Crippen LogP contribution is -2.24. The van der Waals surface area contributed by atoms with Gasteiger partial charge in [-0.1, -0.05) is 12.1 Å². The predicted octanol–water partition coefficient (Wildman–Crippen LogP) is 2.92. The van der Waals surface area contributed by atoms with Gasteiger partial charge in [0, 0.05) is 32.0 Å². The maximum Gasteiger partial charge on any atom is 0.146 e. The molecule has 0 fully saturated rings. The summed E-state index contributed by atoms with van der Waals surface area (Å²) in [6.07, 6.45) is 4.38. The highest BCUT2D eigenvalue weighted by Crippen LogP contribution is 2.27. The van der Waals surface area contributed by atoms with Crippen molar-refractivity contribution < 1.29 is 4.39 Å². The summed E-state index contributed by atoms with van der Waals surface area (Å²) in [4.78, 5) is 5.92. The summed E-state index contributed by atoms with van der Waals surface area (Å²) < 4.78 is 14.1. The van der Waals surface area contributed by atoms with E-state index in [4.69, 9.17) is 5.73 Å². The Labute approximate surface area is 119 Å². The van der Waals surface area contributed by atoms with Crippen molar-refractivity contribution in [2.24, 2.45) is 5.73 Å². The van der Waals surface area contributed by atoms with Crippen molar-refractivity contribution in [3.05, 3.63) is 59.7 Å². The Kier molecular flexibility index (Phi) is 4.69. The average molecular weight is 273 g/mol. The van der Waals surface area contributed by atoms with Crippen LogP contribution in [0.3, 0.4) is 0 Å². The maximum absolute atomic E-state index is 14.1. The molecule has 1 aromatic carbocycles. The molecule has 1 atom stereocenters. The first-order valence-corrected chi connectivity index (χ1v) is 6.73. The van der Waals surface area contributed by atoms with Gasteiger partial charge >= 0.3 is 0 Å². The van der Waals surface area contributed by atoms with Gasteiger partial charge in [0.1, 0.15) is 5.82 Å². The van der Waals surface area contributed by atoms with Crippen LogP contribution in [0, 0.1) is 5.82 Å². The highest BCUT2D eigenvalue weighted by Gasteiger charge is 2.15. The molecule has 0 aliphatic heterocycles. The summed E-state index contributed by atoms with van der Waals surface area (Å²) in [6, 6.07) is 8.82. The highest BCUT2D eigenvalue weighted by molar-refractivity contribution is 5.55. The molecule has 0 saturated heterocycles. The van der Waals surface area contributed by atoms with Crippen molar-refractivity contribution in [1.29, 1.82) is 0 Å². The summed E-state index contributed by atoms with van der Waals surface area (Å²) in [5, 5.41) is 0. The number of aromatic nitrogens is 1. The second-order valence-corrected chi connectivity index (χ2v) is 4.99. The van der Waals surface area contributed by atoms with E-state index >= 15 is 0 Å². The van der Waals surface area contributed by atoms with Gasteiger partial charge in [0.25, 0.3) is 0 Å². The zero-order valence-electron chi connectivity index (χ0n) is 11.9. The predicted molar refractivity (Wildman–Crippen MR) is 80.2 cm³/mol. The van der Waals surface area contributed by atoms with E-state index in [2.05, 4.69) is 4.98 Å². The molecule has 3 nitrogen and oxygen atoms in total. The largest absolute Gasteiger partial charge is 0.372 e. The van der Waals surface area contributed by atoms with E-state index in [1.165, 1.54) is 11.6 Å². The topological polar surface area (TPSA) is 42.1 Å². The summed E-state index contributed by atoms with van der Waals surface area (Å²) in [5.41, 5.74) is 8.54. The molecular formula is C16H20FN3. The van der Waals surface area contributed by atoms with Crippen LogP contribution in [0.25, 0.3) is 0 Å². The van der Waals surface area contributed by atoms with Gasteiger partial charge in [-0.3, -0.25) is 4.98 Å². The van der Waals surface area contributed by atoms with Gasteiger partial charge in [0.2, 0.25) is 0 Å². The second-order valence-electron chi connectivity index (χ2n) is 4.99. The van der Waals surface area contributed by atoms with Gasteiger partial charge in [-0.25, -0.2) is 4.39 Å². The molecule has 0 bridgehead atoms. The third kappa shape index (κ3) is 3.33. The first kappa shape index (κ1) is 14.5. The first-order valence-electron chi connectivity index (χ1n) is 6.73. The number of pyridine rings is 1. The van der Waals surface area contributed by atoms with Gasteiger partial charge in [0.05, 0.1) is 5.69 Å². The fraction of sp³-hybridized carbons (Fsp3) is 0.312. The molecule has 0 aliphatic carbocycles. The Bertz CT molecular complexity index is 555. The van der Waals surface area contributed by atoms with E-state index < -0.39 is 0 Å². The Balaban J connectivity index is 2.15. The number of hydrogen-bond donors (Lipinski definition) is 1. The summed E-state index contributed by atoms with van der Waals surface area (Å²) in [5.74, 6) is -0.225. The average Bonchev–Trinajstić information content (AvgIpc) is 2.45. The minimum Gasteiger partial charge on any atom is -0.372 e. The third-order valence-corrected chi connectivity index (χ3v) is 3.38. The van der Waals surface area contributed by atoms with Crippen LogP contribution < -0.4 is 10.6 Å². The Morgan fingerprint density at radius 1 is 1.25 bits per heavy atom. The van der Waals surface area contributed by atoms with Crippen LogP contribution in [0.5, 0.6) is 0 Å². The standard InChI is InChI=1S/C16H20FN3/c1-12(18)14-4-3-5-15(17)16(14)20(2)11-8-13-6-9-19-10-7-13/h3-7,9-10,12H,8,11,18H2,1-2H3. The van der Waals surface area contributed by atoms with Gasteiger partial charge in [-0.2, -0.15) is 0 Å². The molecule has 4 heteroatoms. The quantitative estimate of drug-likeness (QED) is 0.910. The third-order valence-electron chi connectivity index (χ3n) is 3.38. The summed E-state index contributed by atoms with van der Waals surface area (Å²) in [6.45, 7) is 2.60. The molecule has 106 valence electrons. The van der Waals surface area contributed by atoms with Crippen molar-refractivity contribution in [3.63, 3.8) is 0 Å². The number of hydrogen-bond acceptors (Lipinski definition) is 3. The van der Waals surface area contributed by atoms with Gasteiger partial charge in [-0.15, -0.1) is 0 Å². The Morgan fingerprint density at radius 3 is 2.60 bits per heavy atom. The second kappa shape index (κ2) is 6.48. The van der Waals surface area contributed by atoms with Crippen LogP contribution in [0.2, 0.25) is 0 Å². The van der Waals surface area contributed by atoms with Crippen LogP contribution in [0.1, 0.15) is 24.1 Å². The number of halogens is 1. The van der Waals surface area contributed by atoms with Crippen molar-refractivity contribution in [2.45, 2.75) is 19.4 Å². The number of rotatable bonds is 5. The lowest BCUT2D eigenvalue weighted by molar-refractivity contribution is 0.616. The normalized spacial score (nSPS) is 12.2. The molecule has 1 heterocycles. The summed E-state index contributed by atoms with van der Waals surface area (Å²) in [7, 11) is 1.89. The zero-order chi connectivity index (χ0) is 14.5. The van der Waals surface area contributed by atoms with E-state index in [9.17, 15) is 4.39 Å². The number of nitrogens with zero attached hydrogens (tertiary/aromatic N) is 2. The lowest BCUT2D eigenvalue weighted by Gasteiger charge is -2.24. The van der Waals surface area contributed by atoms with Crippen LogP contribution in [-0.2, 0) is 6.42 Å². The summed E-state index contributed by atoms with van der Waals surface area (Å²) >= 11 is 0. The van der Waals surface area contributed by atoms with Gasteiger partial charge < -0.3 is 10.6 Å². The smallest absolute Gasteiger partial charge is 0.146 e. The fourth-order valence-electron chi connectivity index (χ4n) is 2.26. The van der Waals surface area contributed by atoms with E-state index in [1.807, 2.05) is 37.1 Å². The first-order chi connectivity index (χ1) is 9.59. The van der Waals surface area contributed by atoms with Crippen molar-refractivity contribution in [2.75, 3.05) is 18.5 Å². The molecule has 2 aromatic rings. The number of nitrogens with two attached hydrogens (primary N) is 1. The maximum atomic E-state index is 14.1. The number of likely N-dealkylation sites (N-methyl/N-ethyl adjacent to an activating group) is 1. The van der Waals surface area contributed by atoms with E-state index in [-0.39, 0.29) is 11.9 Å². The number of benzene rings is 1. The monoisotopic (exact) mass is 273 g/mol. The van der Waals surface area contributed by atoms with Crippen molar-refractivity contribution >= 4 is 5.69 Å². The van der Waals surface area contributed by atoms with Gasteiger partial charge in [0.15, 0.2) is 0 Å². The van der Waals surface area contributed by atoms with Crippen LogP contribution in [-0.4, -0.2) is 18.6 Å². The molecule has 20 heavy (non-hydrogen) atoms. The van der Waals surface area contributed by atoms with Crippen LogP contribution in [0.4, 0.5) is 10.1 Å². The molecular weight excluding hydrogens is 253 g/mol. The Hall–Kier alpha value is -1.94. The molecule has 2 rings (SSSR count). The highest BCUT2D eigenvalue weighted by atomic mass is 19.1. The lowest BCUT2D eigenvalue weighted by atomic mass is 10.1. The minimum atomic E-state index is -0.225. The molecule has 2 N–H and O–H groups in total. The molecule has 0 spiro atoms. The molecule has 0 radical (unpaired) electrons. The van der Waals surface area contributed by atoms with Gasteiger partial charge in [-0.05, 0) is 42.7 Å². The molecule has 1 unspecified atom stereocenters. The van der Waals surface area contributed by atoms with E-state index in [0.717, 1.165) is 18.5 Å². The molecule has 0 saturated carbocycles. The molecule has 0 amide bonds. The van der Waals surface area contributed by atoms with Crippen LogP contribution in [0.15, 0.2) is 42.7 Å². The SMILES string of the molecule is CC(N)c1cccc(F)c1N(C)CCc1ccncc1. The van der Waals surface area contributed by atoms with Crippen molar-refractivity contribution in [1.82, 2.24) is 4.98 Å². The molecule has 1 aromatic heterocycles. The molecule has 0 aliphatic rings. The minimum absolute atomic E-state index is 0.191. The van der Waals surface area contributed by atoms with E-state index in [0.29, 0.717) is 5.69 Å². The van der Waals surface area contributed by atoms with E-state index in [1.54, 1.807) is 18.5 Å².